The van der Waals surface area contributed by atoms with Crippen LogP contribution < -0.4 is 10.5 Å². The number of hydrogen-bond donors (Lipinski definition) is 3. The van der Waals surface area contributed by atoms with Gasteiger partial charge in [-0.2, -0.15) is 0 Å². The normalized spacial score (nSPS) is 11.3. The minimum Gasteiger partial charge on any atom is -0.396 e. The Morgan fingerprint density at radius 3 is 2.38 bits per heavy atom. The number of nitrogens with two attached hydrogens (primary N) is 1. The third-order valence-electron chi connectivity index (χ3n) is 2.89. The molecule has 2 aromatic rings. The van der Waals surface area contributed by atoms with Gasteiger partial charge in [-0.15, -0.1) is 0 Å². The van der Waals surface area contributed by atoms with E-state index < -0.39 is 15.8 Å². The first-order valence-electron chi connectivity index (χ1n) is 6.20. The van der Waals surface area contributed by atoms with E-state index in [0.29, 0.717) is 12.1 Å². The van der Waals surface area contributed by atoms with Crippen LogP contribution in [0.2, 0.25) is 0 Å². The molecule has 0 aliphatic heterocycles. The number of aliphatic hydroxyl groups excluding tert-OH is 1. The zero-order chi connectivity index (χ0) is 15.5. The molecule has 0 aliphatic rings. The monoisotopic (exact) mass is 310 g/mol. The Bertz CT molecular complexity index is 730. The molecular weight excluding hydrogens is 295 g/mol. The van der Waals surface area contributed by atoms with Gasteiger partial charge in [-0.05, 0) is 42.3 Å². The fraction of sp³-hybridized carbons (Fsp3) is 0.143. The molecule has 2 aromatic carbocycles. The standard InChI is InChI=1S/C14H15FN2O3S/c15-13-9-12(5-6-14(13)16)21(19,20)17-11-3-1-10(2-4-11)7-8-18/h1-6,9,17-18H,7-8,16H2. The van der Waals surface area contributed by atoms with Crippen LogP contribution in [0.15, 0.2) is 47.4 Å². The Kier molecular flexibility index (Phi) is 4.44. The van der Waals surface area contributed by atoms with Crippen LogP contribution in [-0.2, 0) is 16.4 Å². The molecule has 0 aliphatic carbocycles. The zero-order valence-electron chi connectivity index (χ0n) is 11.1. The average molecular weight is 310 g/mol. The summed E-state index contributed by atoms with van der Waals surface area (Å²) in [5, 5.41) is 8.82. The molecule has 21 heavy (non-hydrogen) atoms. The van der Waals surface area contributed by atoms with Gasteiger partial charge in [-0.1, -0.05) is 12.1 Å². The predicted molar refractivity (Wildman–Crippen MR) is 78.9 cm³/mol. The molecule has 0 aromatic heterocycles. The molecule has 0 radical (unpaired) electrons. The first kappa shape index (κ1) is 15.3. The van der Waals surface area contributed by atoms with Gasteiger partial charge >= 0.3 is 0 Å². The summed E-state index contributed by atoms with van der Waals surface area (Å²) >= 11 is 0. The maximum absolute atomic E-state index is 13.3. The third-order valence-corrected chi connectivity index (χ3v) is 4.27. The van der Waals surface area contributed by atoms with Crippen molar-refractivity contribution in [2.24, 2.45) is 0 Å². The van der Waals surface area contributed by atoms with Crippen LogP contribution in [0.1, 0.15) is 5.56 Å². The van der Waals surface area contributed by atoms with Crippen molar-refractivity contribution in [3.8, 4) is 0 Å². The van der Waals surface area contributed by atoms with E-state index >= 15 is 0 Å². The Morgan fingerprint density at radius 1 is 1.14 bits per heavy atom. The highest BCUT2D eigenvalue weighted by molar-refractivity contribution is 7.92. The minimum atomic E-state index is -3.87. The molecular formula is C14H15FN2O3S. The van der Waals surface area contributed by atoms with E-state index in [2.05, 4.69) is 4.72 Å². The van der Waals surface area contributed by atoms with Gasteiger partial charge in [0.25, 0.3) is 10.0 Å². The first-order chi connectivity index (χ1) is 9.92. The van der Waals surface area contributed by atoms with Gasteiger partial charge < -0.3 is 10.8 Å². The Labute approximate surface area is 122 Å². The van der Waals surface area contributed by atoms with E-state index in [1.54, 1.807) is 24.3 Å². The number of aliphatic hydroxyl groups is 1. The van der Waals surface area contributed by atoms with Crippen LogP contribution >= 0.6 is 0 Å². The number of sulfonamides is 1. The average Bonchev–Trinajstić information content (AvgIpc) is 2.44. The zero-order valence-corrected chi connectivity index (χ0v) is 11.9. The SMILES string of the molecule is Nc1ccc(S(=O)(=O)Nc2ccc(CCO)cc2)cc1F. The van der Waals surface area contributed by atoms with Crippen LogP contribution in [0.5, 0.6) is 0 Å². The minimum absolute atomic E-state index is 0.0236. The van der Waals surface area contributed by atoms with Crippen molar-refractivity contribution >= 4 is 21.4 Å². The lowest BCUT2D eigenvalue weighted by molar-refractivity contribution is 0.299. The van der Waals surface area contributed by atoms with Crippen LogP contribution in [0.4, 0.5) is 15.8 Å². The molecule has 0 amide bonds. The summed E-state index contributed by atoms with van der Waals surface area (Å²) < 4.78 is 39.9. The number of benzene rings is 2. The number of nitrogens with one attached hydrogen (secondary N) is 1. The summed E-state index contributed by atoms with van der Waals surface area (Å²) in [4.78, 5) is -0.200. The van der Waals surface area contributed by atoms with Gasteiger partial charge in [0.2, 0.25) is 0 Å². The molecule has 112 valence electrons. The third kappa shape index (κ3) is 3.71. The molecule has 2 rings (SSSR count). The Balaban J connectivity index is 2.22. The summed E-state index contributed by atoms with van der Waals surface area (Å²) in [6, 6.07) is 9.88. The van der Waals surface area contributed by atoms with Crippen molar-refractivity contribution in [3.63, 3.8) is 0 Å². The summed E-state index contributed by atoms with van der Waals surface area (Å²) in [7, 11) is -3.87. The van der Waals surface area contributed by atoms with Gasteiger partial charge in [0.1, 0.15) is 5.82 Å². The number of hydrogen-bond acceptors (Lipinski definition) is 4. The van der Waals surface area contributed by atoms with E-state index in [1.165, 1.54) is 12.1 Å². The fourth-order valence-electron chi connectivity index (χ4n) is 1.76. The number of rotatable bonds is 5. The van der Waals surface area contributed by atoms with E-state index in [-0.39, 0.29) is 17.2 Å². The van der Waals surface area contributed by atoms with Crippen LogP contribution in [0.25, 0.3) is 0 Å². The van der Waals surface area contributed by atoms with Gasteiger partial charge in [0, 0.05) is 12.3 Å². The summed E-state index contributed by atoms with van der Waals surface area (Å²) in [6.07, 6.45) is 0.496. The lowest BCUT2D eigenvalue weighted by Gasteiger charge is -2.09. The van der Waals surface area contributed by atoms with Crippen molar-refractivity contribution in [3.05, 3.63) is 53.8 Å². The van der Waals surface area contributed by atoms with Crippen LogP contribution in [0, 0.1) is 5.82 Å². The number of anilines is 2. The van der Waals surface area contributed by atoms with Crippen molar-refractivity contribution in [1.29, 1.82) is 0 Å². The summed E-state index contributed by atoms with van der Waals surface area (Å²) in [5.41, 5.74) is 6.45. The van der Waals surface area contributed by atoms with Crippen molar-refractivity contribution in [1.82, 2.24) is 0 Å². The van der Waals surface area contributed by atoms with Gasteiger partial charge in [0.05, 0.1) is 10.6 Å². The molecule has 4 N–H and O–H groups in total. The van der Waals surface area contributed by atoms with Crippen molar-refractivity contribution in [2.75, 3.05) is 17.1 Å². The smallest absolute Gasteiger partial charge is 0.261 e. The number of nitrogen functional groups attached to an aromatic ring is 1. The number of halogens is 1. The van der Waals surface area contributed by atoms with Gasteiger partial charge in [-0.25, -0.2) is 12.8 Å². The molecule has 0 fully saturated rings. The molecule has 0 bridgehead atoms. The van der Waals surface area contributed by atoms with Crippen molar-refractivity contribution < 1.29 is 17.9 Å². The van der Waals surface area contributed by atoms with Crippen LogP contribution in [-0.4, -0.2) is 20.1 Å². The molecule has 0 unspecified atom stereocenters. The fourth-order valence-corrected chi connectivity index (χ4v) is 2.83. The van der Waals surface area contributed by atoms with E-state index in [0.717, 1.165) is 11.6 Å². The first-order valence-corrected chi connectivity index (χ1v) is 7.68. The maximum atomic E-state index is 13.3. The molecule has 7 heteroatoms. The lowest BCUT2D eigenvalue weighted by Crippen LogP contribution is -2.13. The molecule has 5 nitrogen and oxygen atoms in total. The molecule has 0 spiro atoms. The second kappa shape index (κ2) is 6.11. The topological polar surface area (TPSA) is 92.4 Å². The van der Waals surface area contributed by atoms with Gasteiger partial charge in [-0.3, -0.25) is 4.72 Å². The van der Waals surface area contributed by atoms with E-state index in [4.69, 9.17) is 10.8 Å². The lowest BCUT2D eigenvalue weighted by atomic mass is 10.1. The molecule has 0 saturated heterocycles. The Hall–Kier alpha value is -2.12. The van der Waals surface area contributed by atoms with E-state index in [1.807, 2.05) is 0 Å². The highest BCUT2D eigenvalue weighted by atomic mass is 32.2. The van der Waals surface area contributed by atoms with Crippen LogP contribution in [0.3, 0.4) is 0 Å². The summed E-state index contributed by atoms with van der Waals surface area (Å²) in [6.45, 7) is 0.0236. The molecule has 0 atom stereocenters. The van der Waals surface area contributed by atoms with E-state index in [9.17, 15) is 12.8 Å². The van der Waals surface area contributed by atoms with Gasteiger partial charge in [0.15, 0.2) is 0 Å². The second-order valence-corrected chi connectivity index (χ2v) is 6.14. The predicted octanol–water partition coefficient (Wildman–Crippen LogP) is 1.74. The quantitative estimate of drug-likeness (QED) is 0.734. The molecule has 0 heterocycles. The Morgan fingerprint density at radius 2 is 1.81 bits per heavy atom. The molecule has 0 saturated carbocycles. The second-order valence-electron chi connectivity index (χ2n) is 4.46. The summed E-state index contributed by atoms with van der Waals surface area (Å²) in [5.74, 6) is -0.781. The largest absolute Gasteiger partial charge is 0.396 e. The maximum Gasteiger partial charge on any atom is 0.261 e. The highest BCUT2D eigenvalue weighted by Gasteiger charge is 2.15. The highest BCUT2D eigenvalue weighted by Crippen LogP contribution is 2.20. The van der Waals surface area contributed by atoms with Crippen molar-refractivity contribution in [2.45, 2.75) is 11.3 Å².